The van der Waals surface area contributed by atoms with E-state index in [1.54, 1.807) is 0 Å². The molecule has 0 atom stereocenters. The van der Waals surface area contributed by atoms with Gasteiger partial charge in [-0.15, -0.1) is 24.0 Å². The second-order valence-electron chi connectivity index (χ2n) is 9.00. The van der Waals surface area contributed by atoms with Crippen LogP contribution in [0, 0.1) is 0 Å². The van der Waals surface area contributed by atoms with Crippen LogP contribution in [0.2, 0.25) is 0 Å². The van der Waals surface area contributed by atoms with Gasteiger partial charge in [-0.25, -0.2) is 4.98 Å². The van der Waals surface area contributed by atoms with Crippen LogP contribution in [-0.2, 0) is 19.6 Å². The summed E-state index contributed by atoms with van der Waals surface area (Å²) in [5.74, 6) is 1.91. The number of aromatic nitrogens is 1. The molecule has 0 amide bonds. The summed E-state index contributed by atoms with van der Waals surface area (Å²) >= 11 is 0. The number of aliphatic imine (C=N–C) groups is 1. The summed E-state index contributed by atoms with van der Waals surface area (Å²) in [5, 5.41) is 6.82. The first-order valence-electron chi connectivity index (χ1n) is 12.2. The molecule has 7 heteroatoms. The lowest BCUT2D eigenvalue weighted by Crippen LogP contribution is -2.36. The van der Waals surface area contributed by atoms with Crippen LogP contribution in [0.25, 0.3) is 0 Å². The molecule has 0 radical (unpaired) electrons. The summed E-state index contributed by atoms with van der Waals surface area (Å²) in [4.78, 5) is 14.0. The van der Waals surface area contributed by atoms with Gasteiger partial charge in [0.2, 0.25) is 0 Å². The molecule has 0 unspecified atom stereocenters. The van der Waals surface area contributed by atoms with Crippen LogP contribution in [0.4, 0.5) is 5.82 Å². The average molecular weight is 563 g/mol. The Morgan fingerprint density at radius 1 is 0.788 bits per heavy atom. The van der Waals surface area contributed by atoms with Crippen molar-refractivity contribution in [1.82, 2.24) is 20.5 Å². The summed E-state index contributed by atoms with van der Waals surface area (Å²) in [6.07, 6.45) is 9.89. The molecule has 6 nitrogen and oxygen atoms in total. The minimum Gasteiger partial charge on any atom is -0.357 e. The van der Waals surface area contributed by atoms with Gasteiger partial charge in [0, 0.05) is 46.0 Å². The number of hydrogen-bond acceptors (Lipinski definition) is 4. The number of nitrogens with zero attached hydrogens (tertiary/aromatic N) is 4. The highest BCUT2D eigenvalue weighted by molar-refractivity contribution is 14.0. The maximum Gasteiger partial charge on any atom is 0.191 e. The smallest absolute Gasteiger partial charge is 0.191 e. The number of anilines is 1. The van der Waals surface area contributed by atoms with Crippen molar-refractivity contribution >= 4 is 35.8 Å². The summed E-state index contributed by atoms with van der Waals surface area (Å²) in [6, 6.07) is 13.3. The van der Waals surface area contributed by atoms with Crippen LogP contribution in [0.5, 0.6) is 0 Å². The largest absolute Gasteiger partial charge is 0.357 e. The van der Waals surface area contributed by atoms with Gasteiger partial charge in [0.1, 0.15) is 5.82 Å². The third kappa shape index (κ3) is 8.14. The number of hydrogen-bond donors (Lipinski definition) is 2. The van der Waals surface area contributed by atoms with Crippen molar-refractivity contribution in [2.24, 2.45) is 4.99 Å². The SMILES string of the molecule is CN=C(NCc1ccc(CN2CCCC2)cc1)NCc1ccc(N2CCCCCC2)nc1.I. The molecule has 0 spiro atoms. The van der Waals surface area contributed by atoms with Crippen molar-refractivity contribution in [3.05, 3.63) is 59.3 Å². The van der Waals surface area contributed by atoms with Crippen LogP contribution >= 0.6 is 24.0 Å². The van der Waals surface area contributed by atoms with Gasteiger partial charge in [0.25, 0.3) is 0 Å². The minimum atomic E-state index is 0. The molecule has 4 rings (SSSR count). The van der Waals surface area contributed by atoms with Crippen molar-refractivity contribution < 1.29 is 0 Å². The highest BCUT2D eigenvalue weighted by Gasteiger charge is 2.12. The summed E-state index contributed by atoms with van der Waals surface area (Å²) in [7, 11) is 1.81. The van der Waals surface area contributed by atoms with Crippen molar-refractivity contribution in [2.75, 3.05) is 38.1 Å². The van der Waals surface area contributed by atoms with E-state index in [9.17, 15) is 0 Å². The first kappa shape index (κ1) is 25.7. The number of nitrogens with one attached hydrogen (secondary N) is 2. The molecule has 2 fully saturated rings. The molecule has 0 aliphatic carbocycles. The molecule has 1 aromatic carbocycles. The lowest BCUT2D eigenvalue weighted by Gasteiger charge is -2.21. The first-order chi connectivity index (χ1) is 15.8. The summed E-state index contributed by atoms with van der Waals surface area (Å²) < 4.78 is 0. The number of likely N-dealkylation sites (tertiary alicyclic amines) is 1. The molecule has 1 aromatic heterocycles. The van der Waals surface area contributed by atoms with E-state index in [0.29, 0.717) is 6.54 Å². The van der Waals surface area contributed by atoms with Crippen LogP contribution < -0.4 is 15.5 Å². The zero-order valence-corrected chi connectivity index (χ0v) is 22.3. The third-order valence-corrected chi connectivity index (χ3v) is 6.51. The fourth-order valence-electron chi connectivity index (χ4n) is 4.56. The molecule has 2 aromatic rings. The Morgan fingerprint density at radius 2 is 1.36 bits per heavy atom. The Morgan fingerprint density at radius 3 is 1.97 bits per heavy atom. The van der Waals surface area contributed by atoms with Crippen LogP contribution in [0.1, 0.15) is 55.2 Å². The Balaban J connectivity index is 0.00000306. The predicted octanol–water partition coefficient (Wildman–Crippen LogP) is 4.54. The fourth-order valence-corrected chi connectivity index (χ4v) is 4.56. The highest BCUT2D eigenvalue weighted by atomic mass is 127. The molecule has 33 heavy (non-hydrogen) atoms. The summed E-state index contributed by atoms with van der Waals surface area (Å²) in [6.45, 7) is 7.27. The lowest BCUT2D eigenvalue weighted by molar-refractivity contribution is 0.331. The number of halogens is 1. The minimum absolute atomic E-state index is 0. The lowest BCUT2D eigenvalue weighted by atomic mass is 10.1. The number of benzene rings is 1. The average Bonchev–Trinajstić information content (AvgIpc) is 3.19. The second-order valence-corrected chi connectivity index (χ2v) is 9.00. The van der Waals surface area contributed by atoms with Crippen molar-refractivity contribution in [2.45, 2.75) is 58.2 Å². The number of pyridine rings is 1. The van der Waals surface area contributed by atoms with Gasteiger partial charge in [-0.3, -0.25) is 9.89 Å². The van der Waals surface area contributed by atoms with E-state index in [1.165, 1.54) is 62.7 Å². The fraction of sp³-hybridized carbons (Fsp3) is 0.538. The predicted molar refractivity (Wildman–Crippen MR) is 148 cm³/mol. The molecule has 180 valence electrons. The molecular formula is C26H39IN6. The van der Waals surface area contributed by atoms with E-state index in [2.05, 4.69) is 61.8 Å². The van der Waals surface area contributed by atoms with Crippen LogP contribution in [0.3, 0.4) is 0 Å². The van der Waals surface area contributed by atoms with Crippen LogP contribution in [-0.4, -0.2) is 49.1 Å². The topological polar surface area (TPSA) is 55.8 Å². The molecule has 2 aliphatic heterocycles. The van der Waals surface area contributed by atoms with Crippen molar-refractivity contribution in [3.63, 3.8) is 0 Å². The van der Waals surface area contributed by atoms with Gasteiger partial charge >= 0.3 is 0 Å². The van der Waals surface area contributed by atoms with Gasteiger partial charge < -0.3 is 15.5 Å². The summed E-state index contributed by atoms with van der Waals surface area (Å²) in [5.41, 5.74) is 3.83. The van der Waals surface area contributed by atoms with E-state index < -0.39 is 0 Å². The zero-order chi connectivity index (χ0) is 22.0. The Kier molecular flexibility index (Phi) is 10.7. The highest BCUT2D eigenvalue weighted by Crippen LogP contribution is 2.17. The third-order valence-electron chi connectivity index (χ3n) is 6.51. The van der Waals surface area contributed by atoms with Crippen molar-refractivity contribution in [3.8, 4) is 0 Å². The Hall–Kier alpha value is -1.87. The standard InChI is InChI=1S/C26H38N6.HI/c1-27-26(29-18-22-8-10-23(11-9-22)21-31-14-6-7-15-31)30-20-24-12-13-25(28-19-24)32-16-4-2-3-5-17-32;/h8-13,19H,2-7,14-18,20-21H2,1H3,(H2,27,29,30);1H. The van der Waals surface area contributed by atoms with E-state index >= 15 is 0 Å². The zero-order valence-electron chi connectivity index (χ0n) is 19.9. The second kappa shape index (κ2) is 13.7. The molecular weight excluding hydrogens is 523 g/mol. The van der Waals surface area contributed by atoms with E-state index in [4.69, 9.17) is 4.98 Å². The molecule has 2 saturated heterocycles. The first-order valence-corrected chi connectivity index (χ1v) is 12.2. The normalized spacial score (nSPS) is 17.4. The Labute approximate surface area is 216 Å². The van der Waals surface area contributed by atoms with Crippen molar-refractivity contribution in [1.29, 1.82) is 0 Å². The van der Waals surface area contributed by atoms with Gasteiger partial charge in [-0.2, -0.15) is 0 Å². The molecule has 0 saturated carbocycles. The van der Waals surface area contributed by atoms with E-state index in [1.807, 2.05) is 13.2 Å². The molecule has 0 bridgehead atoms. The van der Waals surface area contributed by atoms with Crippen LogP contribution in [0.15, 0.2) is 47.6 Å². The maximum atomic E-state index is 4.71. The number of guanidine groups is 1. The molecule has 2 N–H and O–H groups in total. The Bertz CT molecular complexity index is 838. The van der Waals surface area contributed by atoms with Gasteiger partial charge in [0.05, 0.1) is 0 Å². The monoisotopic (exact) mass is 562 g/mol. The molecule has 2 aliphatic rings. The maximum absolute atomic E-state index is 4.71. The van der Waals surface area contributed by atoms with Gasteiger partial charge in [0.15, 0.2) is 5.96 Å². The van der Waals surface area contributed by atoms with Gasteiger partial charge in [-0.05, 0) is 61.5 Å². The van der Waals surface area contributed by atoms with Gasteiger partial charge in [-0.1, -0.05) is 43.2 Å². The number of rotatable bonds is 7. The molecule has 3 heterocycles. The van der Waals surface area contributed by atoms with E-state index in [-0.39, 0.29) is 24.0 Å². The van der Waals surface area contributed by atoms with E-state index in [0.717, 1.165) is 43.5 Å². The quantitative estimate of drug-likeness (QED) is 0.295.